The molecule has 142 valence electrons. The second kappa shape index (κ2) is 7.82. The number of hydrogen-bond donors (Lipinski definition) is 2. The summed E-state index contributed by atoms with van der Waals surface area (Å²) < 4.78 is 2.22. The molecular weight excluding hydrogens is 340 g/mol. The Balaban J connectivity index is 1.29. The average molecular weight is 366 g/mol. The van der Waals surface area contributed by atoms with Crippen LogP contribution >= 0.6 is 0 Å². The first-order valence-corrected chi connectivity index (χ1v) is 9.72. The van der Waals surface area contributed by atoms with E-state index in [2.05, 4.69) is 33.1 Å². The number of benzene rings is 1. The molecule has 0 spiro atoms. The fourth-order valence-electron chi connectivity index (χ4n) is 3.95. The van der Waals surface area contributed by atoms with Gasteiger partial charge in [0.1, 0.15) is 5.82 Å². The Morgan fingerprint density at radius 1 is 1.26 bits per heavy atom. The molecule has 1 saturated heterocycles. The third-order valence-corrected chi connectivity index (χ3v) is 5.42. The minimum atomic E-state index is 0.0252. The number of para-hydroxylation sites is 2. The van der Waals surface area contributed by atoms with Crippen molar-refractivity contribution >= 4 is 17.1 Å². The van der Waals surface area contributed by atoms with Gasteiger partial charge in [-0.25, -0.2) is 9.78 Å². The van der Waals surface area contributed by atoms with Crippen LogP contribution in [0.5, 0.6) is 0 Å². The fourth-order valence-corrected chi connectivity index (χ4v) is 3.95. The van der Waals surface area contributed by atoms with Crippen molar-refractivity contribution in [1.29, 1.82) is 0 Å². The van der Waals surface area contributed by atoms with Gasteiger partial charge in [0.2, 0.25) is 0 Å². The highest BCUT2D eigenvalue weighted by Gasteiger charge is 2.24. The number of carbonyl (C=O) groups excluding carboxylic acids is 1. The zero-order valence-electron chi connectivity index (χ0n) is 15.7. The summed E-state index contributed by atoms with van der Waals surface area (Å²) in [6, 6.07) is 10.2. The number of imidazole rings is 1. The average Bonchev–Trinajstić information content (AvgIpc) is 3.35. The second-order valence-electron chi connectivity index (χ2n) is 7.02. The molecule has 1 aliphatic rings. The number of hydrogen-bond acceptors (Lipinski definition) is 3. The molecule has 0 atom stereocenters. The maximum absolute atomic E-state index is 12.5. The van der Waals surface area contributed by atoms with Crippen LogP contribution in [0.1, 0.15) is 37.2 Å². The molecule has 0 saturated carbocycles. The highest BCUT2D eigenvalue weighted by molar-refractivity contribution is 5.76. The molecule has 27 heavy (non-hydrogen) atoms. The van der Waals surface area contributed by atoms with Crippen molar-refractivity contribution in [3.05, 3.63) is 48.0 Å². The lowest BCUT2D eigenvalue weighted by molar-refractivity contribution is 0.181. The Morgan fingerprint density at radius 3 is 2.81 bits per heavy atom. The third-order valence-electron chi connectivity index (χ3n) is 5.42. The summed E-state index contributed by atoms with van der Waals surface area (Å²) in [4.78, 5) is 19.1. The van der Waals surface area contributed by atoms with E-state index in [-0.39, 0.29) is 6.03 Å². The lowest BCUT2D eigenvalue weighted by atomic mass is 9.94. The third kappa shape index (κ3) is 3.67. The highest BCUT2D eigenvalue weighted by atomic mass is 16.2. The van der Waals surface area contributed by atoms with Crippen molar-refractivity contribution in [3.8, 4) is 0 Å². The van der Waals surface area contributed by atoms with E-state index in [1.807, 2.05) is 29.2 Å². The van der Waals surface area contributed by atoms with E-state index in [4.69, 9.17) is 4.98 Å². The Hall–Kier alpha value is -2.83. The van der Waals surface area contributed by atoms with Gasteiger partial charge in [0.25, 0.3) is 0 Å². The van der Waals surface area contributed by atoms with Gasteiger partial charge in [-0.1, -0.05) is 12.1 Å². The first kappa shape index (κ1) is 17.6. The number of urea groups is 1. The van der Waals surface area contributed by atoms with Crippen LogP contribution < -0.4 is 5.32 Å². The number of rotatable bonds is 5. The topological polar surface area (TPSA) is 78.8 Å². The minimum absolute atomic E-state index is 0.0252. The number of nitrogens with one attached hydrogen (secondary N) is 2. The second-order valence-corrected chi connectivity index (χ2v) is 7.02. The van der Waals surface area contributed by atoms with Crippen LogP contribution in [0.15, 0.2) is 36.5 Å². The molecule has 1 aliphatic heterocycles. The van der Waals surface area contributed by atoms with Crippen LogP contribution in [-0.4, -0.2) is 50.3 Å². The van der Waals surface area contributed by atoms with Gasteiger partial charge in [0, 0.05) is 50.4 Å². The van der Waals surface area contributed by atoms with E-state index >= 15 is 0 Å². The molecule has 1 fully saturated rings. The number of likely N-dealkylation sites (tertiary alicyclic amines) is 1. The number of amides is 2. The highest BCUT2D eigenvalue weighted by Crippen LogP contribution is 2.26. The Labute approximate surface area is 158 Å². The summed E-state index contributed by atoms with van der Waals surface area (Å²) >= 11 is 0. The zero-order valence-corrected chi connectivity index (χ0v) is 15.7. The maximum Gasteiger partial charge on any atom is 0.317 e. The lowest BCUT2D eigenvalue weighted by Gasteiger charge is -2.31. The van der Waals surface area contributed by atoms with Crippen LogP contribution in [0.25, 0.3) is 11.0 Å². The van der Waals surface area contributed by atoms with E-state index in [1.165, 1.54) is 5.69 Å². The van der Waals surface area contributed by atoms with E-state index in [0.29, 0.717) is 12.5 Å². The van der Waals surface area contributed by atoms with Gasteiger partial charge in [0.05, 0.1) is 11.0 Å². The number of H-pyrrole nitrogens is 1. The van der Waals surface area contributed by atoms with Crippen molar-refractivity contribution < 1.29 is 4.79 Å². The van der Waals surface area contributed by atoms with Crippen LogP contribution in [0.2, 0.25) is 0 Å². The fraction of sp³-hybridized carbons (Fsp3) is 0.450. The maximum atomic E-state index is 12.5. The van der Waals surface area contributed by atoms with E-state index < -0.39 is 0 Å². The summed E-state index contributed by atoms with van der Waals surface area (Å²) in [6.07, 6.45) is 4.47. The molecule has 0 bridgehead atoms. The van der Waals surface area contributed by atoms with Gasteiger partial charge in [-0.15, -0.1) is 0 Å². The molecule has 0 radical (unpaired) electrons. The van der Waals surface area contributed by atoms with Gasteiger partial charge in [-0.3, -0.25) is 5.10 Å². The number of nitrogens with zero attached hydrogens (tertiary/aromatic N) is 4. The molecule has 3 heterocycles. The normalized spacial score (nSPS) is 15.4. The summed E-state index contributed by atoms with van der Waals surface area (Å²) in [7, 11) is 0. The molecule has 4 rings (SSSR count). The van der Waals surface area contributed by atoms with E-state index in [1.54, 1.807) is 6.20 Å². The molecule has 1 aromatic carbocycles. The van der Waals surface area contributed by atoms with Gasteiger partial charge < -0.3 is 14.8 Å². The quantitative estimate of drug-likeness (QED) is 0.729. The molecule has 0 unspecified atom stereocenters. The van der Waals surface area contributed by atoms with Gasteiger partial charge in [0.15, 0.2) is 0 Å². The van der Waals surface area contributed by atoms with Crippen molar-refractivity contribution in [2.75, 3.05) is 19.6 Å². The summed E-state index contributed by atoms with van der Waals surface area (Å²) in [5, 5.41) is 10.1. The molecule has 2 aromatic heterocycles. The van der Waals surface area contributed by atoms with Gasteiger partial charge >= 0.3 is 6.03 Å². The Kier molecular flexibility index (Phi) is 5.09. The summed E-state index contributed by atoms with van der Waals surface area (Å²) in [5.41, 5.74) is 3.34. The van der Waals surface area contributed by atoms with Crippen LogP contribution in [0.4, 0.5) is 4.79 Å². The van der Waals surface area contributed by atoms with Crippen molar-refractivity contribution in [1.82, 2.24) is 30.0 Å². The van der Waals surface area contributed by atoms with Crippen LogP contribution in [0.3, 0.4) is 0 Å². The van der Waals surface area contributed by atoms with Crippen molar-refractivity contribution in [2.45, 2.75) is 38.6 Å². The minimum Gasteiger partial charge on any atom is -0.338 e. The largest absolute Gasteiger partial charge is 0.338 e. The first-order chi connectivity index (χ1) is 13.3. The molecule has 2 N–H and O–H groups in total. The molecular formula is C20H26N6O. The predicted octanol–water partition coefficient (Wildman–Crippen LogP) is 2.91. The number of carbonyl (C=O) groups is 1. The van der Waals surface area contributed by atoms with E-state index in [0.717, 1.165) is 55.8 Å². The summed E-state index contributed by atoms with van der Waals surface area (Å²) in [5.74, 6) is 1.50. The number of aryl methyl sites for hydroxylation is 1. The van der Waals surface area contributed by atoms with Crippen molar-refractivity contribution in [3.63, 3.8) is 0 Å². The monoisotopic (exact) mass is 366 g/mol. The number of aromatic amines is 1. The van der Waals surface area contributed by atoms with E-state index in [9.17, 15) is 4.79 Å². The van der Waals surface area contributed by atoms with Crippen LogP contribution in [0, 0.1) is 0 Å². The van der Waals surface area contributed by atoms with Gasteiger partial charge in [-0.05, 0) is 38.0 Å². The summed E-state index contributed by atoms with van der Waals surface area (Å²) in [6.45, 7) is 5.17. The molecule has 0 aliphatic carbocycles. The smallest absolute Gasteiger partial charge is 0.317 e. The SMILES string of the molecule is CCn1c(CCNC(=O)N2CCC(c3ccn[nH]3)CC2)nc2ccccc21. The molecule has 7 nitrogen and oxygen atoms in total. The molecule has 2 amide bonds. The Morgan fingerprint density at radius 2 is 2.07 bits per heavy atom. The van der Waals surface area contributed by atoms with Gasteiger partial charge in [-0.2, -0.15) is 5.10 Å². The number of aromatic nitrogens is 4. The lowest BCUT2D eigenvalue weighted by Crippen LogP contribution is -2.44. The number of fused-ring (bicyclic) bond motifs is 1. The molecule has 3 aromatic rings. The van der Waals surface area contributed by atoms with Crippen molar-refractivity contribution in [2.24, 2.45) is 0 Å². The molecule has 7 heteroatoms. The predicted molar refractivity (Wildman–Crippen MR) is 105 cm³/mol. The first-order valence-electron chi connectivity index (χ1n) is 9.72. The Bertz CT molecular complexity index is 892. The van der Waals surface area contributed by atoms with Crippen LogP contribution in [-0.2, 0) is 13.0 Å². The zero-order chi connectivity index (χ0) is 18.6. The number of piperidine rings is 1. The standard InChI is InChI=1S/C20H26N6O/c1-2-26-18-6-4-3-5-17(18)23-19(26)8-11-21-20(27)25-13-9-15(10-14-25)16-7-12-22-24-16/h3-7,12,15H,2,8-11,13-14H2,1H3,(H,21,27)(H,22,24).